The van der Waals surface area contributed by atoms with Crippen LogP contribution >= 0.6 is 0 Å². The molecule has 0 aliphatic heterocycles. The van der Waals surface area contributed by atoms with Crippen molar-refractivity contribution in [1.29, 1.82) is 0 Å². The molecule has 2 nitrogen and oxygen atoms in total. The Morgan fingerprint density at radius 2 is 1.65 bits per heavy atom. The van der Waals surface area contributed by atoms with Gasteiger partial charge in [0, 0.05) is 6.42 Å². The third-order valence-corrected chi connectivity index (χ3v) is 3.96. The van der Waals surface area contributed by atoms with Gasteiger partial charge in [-0.05, 0) is 54.2 Å². The lowest BCUT2D eigenvalue weighted by atomic mass is 10.0. The molecule has 0 saturated heterocycles. The van der Waals surface area contributed by atoms with Gasteiger partial charge in [0.15, 0.2) is 11.6 Å². The molecule has 2 aromatic rings. The molecule has 26 heavy (non-hydrogen) atoms. The second-order valence-electron chi connectivity index (χ2n) is 5.83. The first-order chi connectivity index (χ1) is 12.5. The standard InChI is InChI=1S/C20H22F4O2/c1-2-16-12-14(7-9-18(16)26-20(23)24)4-5-15-6-8-17(22)19(13-15)25-11-3-10-21/h6-9,12-13,20H,2-5,10-11H2,1H3. The van der Waals surface area contributed by atoms with Crippen LogP contribution in [0.25, 0.3) is 0 Å². The normalized spacial score (nSPS) is 11.0. The average molecular weight is 370 g/mol. The number of benzene rings is 2. The van der Waals surface area contributed by atoms with Crippen molar-refractivity contribution >= 4 is 0 Å². The molecular formula is C20H22F4O2. The summed E-state index contributed by atoms with van der Waals surface area (Å²) in [4.78, 5) is 0. The van der Waals surface area contributed by atoms with Crippen molar-refractivity contribution in [3.63, 3.8) is 0 Å². The van der Waals surface area contributed by atoms with Crippen molar-refractivity contribution in [3.05, 3.63) is 58.9 Å². The predicted molar refractivity (Wildman–Crippen MR) is 92.3 cm³/mol. The van der Waals surface area contributed by atoms with Gasteiger partial charge >= 0.3 is 6.61 Å². The summed E-state index contributed by atoms with van der Waals surface area (Å²) in [7, 11) is 0. The van der Waals surface area contributed by atoms with Crippen LogP contribution < -0.4 is 9.47 Å². The van der Waals surface area contributed by atoms with Gasteiger partial charge in [-0.1, -0.05) is 25.1 Å². The zero-order valence-corrected chi connectivity index (χ0v) is 14.6. The summed E-state index contributed by atoms with van der Waals surface area (Å²) < 4.78 is 60.4. The minimum Gasteiger partial charge on any atom is -0.490 e. The minimum absolute atomic E-state index is 0.117. The van der Waals surface area contributed by atoms with Crippen LogP contribution in [-0.4, -0.2) is 19.9 Å². The maximum absolute atomic E-state index is 13.7. The van der Waals surface area contributed by atoms with Crippen molar-refractivity contribution in [1.82, 2.24) is 0 Å². The van der Waals surface area contributed by atoms with E-state index in [1.165, 1.54) is 6.07 Å². The first kappa shape index (κ1) is 20.1. The second kappa shape index (κ2) is 10.0. The summed E-state index contributed by atoms with van der Waals surface area (Å²) in [6.45, 7) is -1.35. The van der Waals surface area contributed by atoms with Crippen LogP contribution in [0, 0.1) is 5.82 Å². The number of aryl methyl sites for hydroxylation is 3. The first-order valence-corrected chi connectivity index (χ1v) is 8.57. The lowest BCUT2D eigenvalue weighted by molar-refractivity contribution is -0.0504. The van der Waals surface area contributed by atoms with Crippen LogP contribution in [-0.2, 0) is 19.3 Å². The maximum atomic E-state index is 13.7. The molecule has 0 bridgehead atoms. The van der Waals surface area contributed by atoms with Crippen molar-refractivity contribution in [3.8, 4) is 11.5 Å². The second-order valence-corrected chi connectivity index (χ2v) is 5.83. The summed E-state index contributed by atoms with van der Waals surface area (Å²) in [6.07, 6.45) is 2.10. The molecular weight excluding hydrogens is 348 g/mol. The average Bonchev–Trinajstić information content (AvgIpc) is 2.62. The highest BCUT2D eigenvalue weighted by Gasteiger charge is 2.10. The van der Waals surface area contributed by atoms with Gasteiger partial charge in [-0.25, -0.2) is 4.39 Å². The molecule has 2 aromatic carbocycles. The van der Waals surface area contributed by atoms with E-state index in [0.29, 0.717) is 19.3 Å². The molecule has 0 saturated carbocycles. The van der Waals surface area contributed by atoms with Crippen molar-refractivity contribution < 1.29 is 27.0 Å². The minimum atomic E-state index is -2.85. The number of hydrogen-bond acceptors (Lipinski definition) is 2. The highest BCUT2D eigenvalue weighted by atomic mass is 19.3. The van der Waals surface area contributed by atoms with Gasteiger partial charge in [-0.2, -0.15) is 8.78 Å². The van der Waals surface area contributed by atoms with Gasteiger partial charge in [0.2, 0.25) is 0 Å². The molecule has 0 aliphatic carbocycles. The van der Waals surface area contributed by atoms with Crippen LogP contribution in [0.2, 0.25) is 0 Å². The summed E-state index contributed by atoms with van der Waals surface area (Å²) in [5, 5.41) is 0. The molecule has 0 fully saturated rings. The van der Waals surface area contributed by atoms with E-state index in [1.807, 2.05) is 13.0 Å². The molecule has 0 aliphatic rings. The topological polar surface area (TPSA) is 18.5 Å². The van der Waals surface area contributed by atoms with E-state index in [1.54, 1.807) is 24.3 Å². The maximum Gasteiger partial charge on any atom is 0.387 e. The van der Waals surface area contributed by atoms with E-state index in [4.69, 9.17) is 4.74 Å². The van der Waals surface area contributed by atoms with E-state index in [0.717, 1.165) is 16.7 Å². The Bertz CT molecular complexity index is 704. The summed E-state index contributed by atoms with van der Waals surface area (Å²) in [6, 6.07) is 9.77. The third-order valence-electron chi connectivity index (χ3n) is 3.96. The molecule has 0 N–H and O–H groups in total. The Labute approximate surface area is 150 Å². The van der Waals surface area contributed by atoms with Crippen LogP contribution in [0.15, 0.2) is 36.4 Å². The number of ether oxygens (including phenoxy) is 2. The van der Waals surface area contributed by atoms with E-state index in [2.05, 4.69) is 4.74 Å². The zero-order valence-electron chi connectivity index (χ0n) is 14.6. The first-order valence-electron chi connectivity index (χ1n) is 8.57. The molecule has 0 heterocycles. The summed E-state index contributed by atoms with van der Waals surface area (Å²) in [5.41, 5.74) is 2.58. The quantitative estimate of drug-likeness (QED) is 0.405. The lowest BCUT2D eigenvalue weighted by Crippen LogP contribution is -2.05. The number of alkyl halides is 3. The molecule has 0 atom stereocenters. The molecule has 142 valence electrons. The number of rotatable bonds is 10. The molecule has 0 aromatic heterocycles. The summed E-state index contributed by atoms with van der Waals surface area (Å²) in [5.74, 6) is -0.170. The van der Waals surface area contributed by atoms with Gasteiger partial charge in [-0.15, -0.1) is 0 Å². The Hall–Kier alpha value is -2.24. The molecule has 0 radical (unpaired) electrons. The lowest BCUT2D eigenvalue weighted by Gasteiger charge is -2.12. The Kier molecular flexibility index (Phi) is 7.75. The van der Waals surface area contributed by atoms with Crippen LogP contribution in [0.4, 0.5) is 17.6 Å². The predicted octanol–water partition coefficient (Wildman–Crippen LogP) is 5.51. The van der Waals surface area contributed by atoms with Crippen molar-refractivity contribution in [2.24, 2.45) is 0 Å². The molecule has 6 heteroatoms. The molecule has 0 unspecified atom stereocenters. The van der Waals surface area contributed by atoms with E-state index in [-0.39, 0.29) is 24.5 Å². The van der Waals surface area contributed by atoms with Crippen LogP contribution in [0.3, 0.4) is 0 Å². The highest BCUT2D eigenvalue weighted by molar-refractivity contribution is 5.38. The SMILES string of the molecule is CCc1cc(CCc2ccc(F)c(OCCCF)c2)ccc1OC(F)F. The van der Waals surface area contributed by atoms with Gasteiger partial charge in [0.25, 0.3) is 0 Å². The van der Waals surface area contributed by atoms with E-state index >= 15 is 0 Å². The van der Waals surface area contributed by atoms with Gasteiger partial charge in [0.05, 0.1) is 13.3 Å². The fraction of sp³-hybridized carbons (Fsp3) is 0.400. The van der Waals surface area contributed by atoms with Crippen LogP contribution in [0.5, 0.6) is 11.5 Å². The largest absolute Gasteiger partial charge is 0.490 e. The highest BCUT2D eigenvalue weighted by Crippen LogP contribution is 2.24. The summed E-state index contributed by atoms with van der Waals surface area (Å²) >= 11 is 0. The molecule has 2 rings (SSSR count). The number of hydrogen-bond donors (Lipinski definition) is 0. The number of halogens is 4. The Balaban J connectivity index is 2.02. The van der Waals surface area contributed by atoms with Crippen molar-refractivity contribution in [2.45, 2.75) is 39.2 Å². The van der Waals surface area contributed by atoms with E-state index in [9.17, 15) is 17.6 Å². The molecule has 0 spiro atoms. The van der Waals surface area contributed by atoms with Gasteiger partial charge in [0.1, 0.15) is 5.75 Å². The van der Waals surface area contributed by atoms with E-state index < -0.39 is 19.1 Å². The fourth-order valence-electron chi connectivity index (χ4n) is 2.61. The monoisotopic (exact) mass is 370 g/mol. The smallest absolute Gasteiger partial charge is 0.387 e. The zero-order chi connectivity index (χ0) is 18.9. The van der Waals surface area contributed by atoms with Crippen molar-refractivity contribution in [2.75, 3.05) is 13.3 Å². The van der Waals surface area contributed by atoms with Gasteiger partial charge < -0.3 is 9.47 Å². The third kappa shape index (κ3) is 5.93. The van der Waals surface area contributed by atoms with Gasteiger partial charge in [-0.3, -0.25) is 4.39 Å². The van der Waals surface area contributed by atoms with Crippen LogP contribution in [0.1, 0.15) is 30.0 Å². The Morgan fingerprint density at radius 3 is 2.31 bits per heavy atom. The molecule has 0 amide bonds. The Morgan fingerprint density at radius 1 is 0.962 bits per heavy atom. The fourth-order valence-corrected chi connectivity index (χ4v) is 2.61.